The van der Waals surface area contributed by atoms with Gasteiger partial charge in [-0.25, -0.2) is 9.97 Å². The lowest BCUT2D eigenvalue weighted by atomic mass is 9.84. The number of aromatic nitrogens is 2. The lowest BCUT2D eigenvalue weighted by molar-refractivity contribution is 0.304. The molecular formula is C15H19N3S. The first kappa shape index (κ1) is 11.6. The topological polar surface area (TPSA) is 37.8 Å². The van der Waals surface area contributed by atoms with Crippen LogP contribution in [0.3, 0.4) is 0 Å². The van der Waals surface area contributed by atoms with Crippen LogP contribution < -0.4 is 5.32 Å². The van der Waals surface area contributed by atoms with Crippen LogP contribution in [0.25, 0.3) is 10.2 Å². The molecule has 0 unspecified atom stereocenters. The summed E-state index contributed by atoms with van der Waals surface area (Å²) in [4.78, 5) is 9.83. The fraction of sp³-hybridized carbons (Fsp3) is 0.600. The van der Waals surface area contributed by atoms with Crippen molar-refractivity contribution < 1.29 is 0 Å². The van der Waals surface area contributed by atoms with Gasteiger partial charge in [-0.3, -0.25) is 0 Å². The Morgan fingerprint density at radius 3 is 3.05 bits per heavy atom. The van der Waals surface area contributed by atoms with Gasteiger partial charge in [0.25, 0.3) is 0 Å². The van der Waals surface area contributed by atoms with Gasteiger partial charge in [0, 0.05) is 6.04 Å². The van der Waals surface area contributed by atoms with E-state index in [2.05, 4.69) is 33.7 Å². The van der Waals surface area contributed by atoms with Gasteiger partial charge in [-0.15, -0.1) is 11.3 Å². The number of anilines is 1. The molecular weight excluding hydrogens is 254 g/mol. The van der Waals surface area contributed by atoms with Gasteiger partial charge in [0.15, 0.2) is 0 Å². The molecule has 2 aliphatic rings. The van der Waals surface area contributed by atoms with Crippen molar-refractivity contribution in [1.82, 2.24) is 9.97 Å². The smallest absolute Gasteiger partial charge is 0.138 e. The van der Waals surface area contributed by atoms with Gasteiger partial charge < -0.3 is 5.32 Å². The lowest BCUT2D eigenvalue weighted by Crippen LogP contribution is -2.30. The zero-order valence-electron chi connectivity index (χ0n) is 11.2. The average Bonchev–Trinajstić information content (AvgIpc) is 3.14. The van der Waals surface area contributed by atoms with E-state index >= 15 is 0 Å². The molecule has 19 heavy (non-hydrogen) atoms. The van der Waals surface area contributed by atoms with Crippen LogP contribution in [0.2, 0.25) is 0 Å². The summed E-state index contributed by atoms with van der Waals surface area (Å²) in [6, 6.07) is 2.64. The molecule has 2 aromatic rings. The number of rotatable bonds is 3. The Labute approximate surface area is 117 Å². The third kappa shape index (κ3) is 1.93. The maximum Gasteiger partial charge on any atom is 0.138 e. The maximum absolute atomic E-state index is 4.44. The second kappa shape index (κ2) is 4.44. The Kier molecular flexibility index (Phi) is 2.72. The van der Waals surface area contributed by atoms with Gasteiger partial charge in [0.2, 0.25) is 0 Å². The summed E-state index contributed by atoms with van der Waals surface area (Å²) in [6.45, 7) is 2.33. The highest BCUT2D eigenvalue weighted by Crippen LogP contribution is 2.49. The standard InChI is InChI=1S/C15H19N3S/c1-9(13-7-10-2-3-11(13)6-10)18-14-12-4-5-19-15(12)17-8-16-14/h4-5,8-11,13H,2-3,6-7H2,1H3,(H,16,17,18)/t9-,10+,11+,13-/m1/s1. The zero-order valence-corrected chi connectivity index (χ0v) is 12.0. The molecule has 2 saturated carbocycles. The molecule has 0 aliphatic heterocycles. The first-order valence-electron chi connectivity index (χ1n) is 7.26. The second-order valence-electron chi connectivity index (χ2n) is 6.13. The maximum atomic E-state index is 4.44. The van der Waals surface area contributed by atoms with Crippen molar-refractivity contribution in [3.63, 3.8) is 0 Å². The Morgan fingerprint density at radius 1 is 1.32 bits per heavy atom. The summed E-state index contributed by atoms with van der Waals surface area (Å²) in [7, 11) is 0. The molecule has 0 spiro atoms. The van der Waals surface area contributed by atoms with Gasteiger partial charge in [-0.2, -0.15) is 0 Å². The molecule has 2 aromatic heterocycles. The minimum atomic E-state index is 0.522. The van der Waals surface area contributed by atoms with E-state index in [-0.39, 0.29) is 0 Å². The zero-order chi connectivity index (χ0) is 12.8. The predicted octanol–water partition coefficient (Wildman–Crippen LogP) is 3.93. The van der Waals surface area contributed by atoms with Gasteiger partial charge in [0.1, 0.15) is 17.0 Å². The molecule has 0 radical (unpaired) electrons. The first-order chi connectivity index (χ1) is 9.31. The molecule has 2 bridgehead atoms. The largest absolute Gasteiger partial charge is 0.367 e. The van der Waals surface area contributed by atoms with E-state index in [1.54, 1.807) is 17.7 Å². The summed E-state index contributed by atoms with van der Waals surface area (Å²) in [6.07, 6.45) is 7.47. The fourth-order valence-electron chi connectivity index (χ4n) is 4.13. The van der Waals surface area contributed by atoms with E-state index in [4.69, 9.17) is 0 Å². The van der Waals surface area contributed by atoms with Crippen LogP contribution in [0.4, 0.5) is 5.82 Å². The summed E-state index contributed by atoms with van der Waals surface area (Å²) < 4.78 is 0. The highest BCUT2D eigenvalue weighted by atomic mass is 32.1. The predicted molar refractivity (Wildman–Crippen MR) is 79.4 cm³/mol. The van der Waals surface area contributed by atoms with E-state index in [9.17, 15) is 0 Å². The molecule has 4 atom stereocenters. The van der Waals surface area contributed by atoms with Gasteiger partial charge in [-0.1, -0.05) is 6.42 Å². The molecule has 2 heterocycles. The first-order valence-corrected chi connectivity index (χ1v) is 8.14. The minimum Gasteiger partial charge on any atom is -0.367 e. The minimum absolute atomic E-state index is 0.522. The van der Waals surface area contributed by atoms with E-state index < -0.39 is 0 Å². The van der Waals surface area contributed by atoms with Crippen molar-refractivity contribution >= 4 is 27.4 Å². The number of nitrogens with one attached hydrogen (secondary N) is 1. The quantitative estimate of drug-likeness (QED) is 0.920. The van der Waals surface area contributed by atoms with Crippen LogP contribution in [-0.2, 0) is 0 Å². The van der Waals surface area contributed by atoms with Crippen LogP contribution in [0, 0.1) is 17.8 Å². The highest BCUT2D eigenvalue weighted by molar-refractivity contribution is 7.16. The van der Waals surface area contributed by atoms with Crippen molar-refractivity contribution in [2.75, 3.05) is 5.32 Å². The van der Waals surface area contributed by atoms with Gasteiger partial charge in [0.05, 0.1) is 5.39 Å². The van der Waals surface area contributed by atoms with Gasteiger partial charge >= 0.3 is 0 Å². The molecule has 100 valence electrons. The SMILES string of the molecule is C[C@@H](Nc1ncnc2sccc12)[C@H]1C[C@H]2CC[C@H]1C2. The number of thiophene rings is 1. The lowest BCUT2D eigenvalue weighted by Gasteiger charge is -2.29. The van der Waals surface area contributed by atoms with Crippen molar-refractivity contribution in [2.24, 2.45) is 17.8 Å². The molecule has 0 saturated heterocycles. The number of hydrogen-bond acceptors (Lipinski definition) is 4. The summed E-state index contributed by atoms with van der Waals surface area (Å²) in [5.74, 6) is 3.81. The molecule has 3 nitrogen and oxygen atoms in total. The van der Waals surface area contributed by atoms with Crippen LogP contribution in [0.5, 0.6) is 0 Å². The van der Waals surface area contributed by atoms with Gasteiger partial charge in [-0.05, 0) is 55.4 Å². The van der Waals surface area contributed by atoms with E-state index in [1.807, 2.05) is 0 Å². The van der Waals surface area contributed by atoms with Crippen molar-refractivity contribution in [3.8, 4) is 0 Å². The Hall–Kier alpha value is -1.16. The van der Waals surface area contributed by atoms with E-state index in [0.29, 0.717) is 6.04 Å². The Bertz CT molecular complexity index is 594. The second-order valence-corrected chi connectivity index (χ2v) is 7.03. The molecule has 4 heteroatoms. The van der Waals surface area contributed by atoms with Crippen molar-refractivity contribution in [1.29, 1.82) is 0 Å². The summed E-state index contributed by atoms with van der Waals surface area (Å²) >= 11 is 1.68. The molecule has 1 N–H and O–H groups in total. The summed E-state index contributed by atoms with van der Waals surface area (Å²) in [5, 5.41) is 6.91. The third-order valence-electron chi connectivity index (χ3n) is 5.06. The van der Waals surface area contributed by atoms with Crippen LogP contribution >= 0.6 is 11.3 Å². The Balaban J connectivity index is 1.56. The average molecular weight is 273 g/mol. The van der Waals surface area contributed by atoms with Crippen LogP contribution in [0.15, 0.2) is 17.8 Å². The van der Waals surface area contributed by atoms with E-state index in [0.717, 1.165) is 28.4 Å². The molecule has 0 amide bonds. The third-order valence-corrected chi connectivity index (χ3v) is 5.88. The monoisotopic (exact) mass is 273 g/mol. The number of hydrogen-bond donors (Lipinski definition) is 1. The summed E-state index contributed by atoms with van der Waals surface area (Å²) in [5.41, 5.74) is 0. The molecule has 2 fully saturated rings. The molecule has 2 aliphatic carbocycles. The van der Waals surface area contributed by atoms with Crippen LogP contribution in [0.1, 0.15) is 32.6 Å². The normalized spacial score (nSPS) is 30.9. The fourth-order valence-corrected chi connectivity index (χ4v) is 4.87. The van der Waals surface area contributed by atoms with Crippen LogP contribution in [-0.4, -0.2) is 16.0 Å². The molecule has 0 aromatic carbocycles. The number of fused-ring (bicyclic) bond motifs is 3. The Morgan fingerprint density at radius 2 is 2.26 bits per heavy atom. The highest BCUT2D eigenvalue weighted by Gasteiger charge is 2.41. The molecule has 4 rings (SSSR count). The number of nitrogens with zero attached hydrogens (tertiary/aromatic N) is 2. The van der Waals surface area contributed by atoms with Crippen molar-refractivity contribution in [3.05, 3.63) is 17.8 Å². The van der Waals surface area contributed by atoms with E-state index in [1.165, 1.54) is 31.1 Å². The van der Waals surface area contributed by atoms with Crippen molar-refractivity contribution in [2.45, 2.75) is 38.6 Å².